The summed E-state index contributed by atoms with van der Waals surface area (Å²) in [5.74, 6) is -5.01. The highest BCUT2D eigenvalue weighted by Crippen LogP contribution is 2.35. The molecule has 1 aliphatic rings. The predicted molar refractivity (Wildman–Crippen MR) is 57.5 cm³/mol. The van der Waals surface area contributed by atoms with Crippen LogP contribution in [0.5, 0.6) is 5.75 Å². The molecular weight excluding hydrogens is 275 g/mol. The number of halogens is 4. The number of phenols is 1. The third kappa shape index (κ3) is 2.61. The number of cyclic esters (lactones) is 1. The topological polar surface area (TPSA) is 58.6 Å². The molecule has 0 aliphatic carbocycles. The fourth-order valence-corrected chi connectivity index (χ4v) is 1.54. The molecule has 0 radical (unpaired) electrons. The Balaban J connectivity index is 0.00000162. The van der Waals surface area contributed by atoms with Crippen LogP contribution in [-0.4, -0.2) is 23.7 Å². The average molecular weight is 284 g/mol. The number of ether oxygens (including phenoxy) is 1. The number of hydrogen-bond acceptors (Lipinski definition) is 3. The molecule has 8 heteroatoms. The van der Waals surface area contributed by atoms with E-state index >= 15 is 0 Å². The van der Waals surface area contributed by atoms with Gasteiger partial charge in [-0.05, 0) is 17.7 Å². The van der Waals surface area contributed by atoms with E-state index in [1.54, 1.807) is 0 Å². The number of aromatic hydroxyl groups is 1. The largest absolute Gasteiger partial charge is 0.505 e. The van der Waals surface area contributed by atoms with Gasteiger partial charge in [0.05, 0.1) is 0 Å². The number of amides is 1. The highest BCUT2D eigenvalue weighted by Gasteiger charge is 2.46. The molecule has 0 aromatic heterocycles. The van der Waals surface area contributed by atoms with Crippen LogP contribution in [0.1, 0.15) is 11.6 Å². The molecule has 18 heavy (non-hydrogen) atoms. The SMILES string of the molecule is Cl.O=C1N[C@@H](c2ccc(O)c(F)c2)C(F)(F)CO1. The van der Waals surface area contributed by atoms with Crippen LogP contribution < -0.4 is 5.32 Å². The van der Waals surface area contributed by atoms with E-state index in [2.05, 4.69) is 4.74 Å². The summed E-state index contributed by atoms with van der Waals surface area (Å²) < 4.78 is 44.1. The van der Waals surface area contributed by atoms with Gasteiger partial charge in [-0.25, -0.2) is 18.0 Å². The molecular formula is C10H9ClF3NO3. The van der Waals surface area contributed by atoms with Gasteiger partial charge in [0.25, 0.3) is 0 Å². The van der Waals surface area contributed by atoms with E-state index in [1.165, 1.54) is 0 Å². The monoisotopic (exact) mass is 283 g/mol. The van der Waals surface area contributed by atoms with Crippen molar-refractivity contribution in [2.75, 3.05) is 6.61 Å². The standard InChI is InChI=1S/C10H8F3NO3.ClH/c11-6-3-5(1-2-7(6)15)8-10(12,13)4-17-9(16)14-8;/h1-3,8,15H,4H2,(H,14,16);1H/t8-;/m0./s1. The lowest BCUT2D eigenvalue weighted by Gasteiger charge is -2.31. The molecule has 0 spiro atoms. The van der Waals surface area contributed by atoms with Crippen LogP contribution in [-0.2, 0) is 4.74 Å². The van der Waals surface area contributed by atoms with Crippen molar-refractivity contribution in [2.24, 2.45) is 0 Å². The second-order valence-electron chi connectivity index (χ2n) is 3.63. The van der Waals surface area contributed by atoms with Crippen LogP contribution >= 0.6 is 12.4 Å². The summed E-state index contributed by atoms with van der Waals surface area (Å²) in [7, 11) is 0. The van der Waals surface area contributed by atoms with Crippen LogP contribution in [0, 0.1) is 5.82 Å². The first-order chi connectivity index (χ1) is 7.90. The Labute approximate surface area is 106 Å². The van der Waals surface area contributed by atoms with Crippen molar-refractivity contribution in [3.05, 3.63) is 29.6 Å². The van der Waals surface area contributed by atoms with Crippen molar-refractivity contribution in [1.82, 2.24) is 5.32 Å². The highest BCUT2D eigenvalue weighted by molar-refractivity contribution is 5.85. The van der Waals surface area contributed by atoms with E-state index in [4.69, 9.17) is 5.11 Å². The van der Waals surface area contributed by atoms with Crippen LogP contribution in [0.4, 0.5) is 18.0 Å². The molecule has 1 saturated heterocycles. The van der Waals surface area contributed by atoms with Gasteiger partial charge >= 0.3 is 12.0 Å². The van der Waals surface area contributed by atoms with Gasteiger partial charge in [-0.1, -0.05) is 6.07 Å². The van der Waals surface area contributed by atoms with Crippen molar-refractivity contribution >= 4 is 18.5 Å². The lowest BCUT2D eigenvalue weighted by atomic mass is 10.00. The Morgan fingerprint density at radius 1 is 1.44 bits per heavy atom. The molecule has 2 N–H and O–H groups in total. The number of phenolic OH excluding ortho intramolecular Hbond substituents is 1. The third-order valence-corrected chi connectivity index (χ3v) is 2.39. The van der Waals surface area contributed by atoms with E-state index in [0.717, 1.165) is 18.2 Å². The molecule has 4 nitrogen and oxygen atoms in total. The lowest BCUT2D eigenvalue weighted by molar-refractivity contribution is -0.104. The second kappa shape index (κ2) is 4.93. The third-order valence-electron chi connectivity index (χ3n) is 2.39. The Morgan fingerprint density at radius 3 is 2.72 bits per heavy atom. The van der Waals surface area contributed by atoms with Gasteiger partial charge in [0, 0.05) is 0 Å². The number of alkyl carbamates (subject to hydrolysis) is 1. The molecule has 1 amide bonds. The molecule has 1 heterocycles. The molecule has 1 atom stereocenters. The number of nitrogens with one attached hydrogen (secondary N) is 1. The summed E-state index contributed by atoms with van der Waals surface area (Å²) in [6.45, 7) is -1.06. The van der Waals surface area contributed by atoms with Crippen molar-refractivity contribution < 1.29 is 27.8 Å². The van der Waals surface area contributed by atoms with Crippen molar-refractivity contribution in [1.29, 1.82) is 0 Å². The first-order valence-corrected chi connectivity index (χ1v) is 4.70. The van der Waals surface area contributed by atoms with E-state index < -0.39 is 36.2 Å². The Kier molecular flexibility index (Phi) is 3.95. The van der Waals surface area contributed by atoms with Gasteiger partial charge in [-0.3, -0.25) is 0 Å². The maximum absolute atomic E-state index is 13.4. The number of rotatable bonds is 1. The van der Waals surface area contributed by atoms with Crippen molar-refractivity contribution in [2.45, 2.75) is 12.0 Å². The Bertz CT molecular complexity index is 470. The summed E-state index contributed by atoms with van der Waals surface area (Å²) in [4.78, 5) is 10.9. The molecule has 1 aromatic rings. The maximum atomic E-state index is 13.4. The maximum Gasteiger partial charge on any atom is 0.408 e. The highest BCUT2D eigenvalue weighted by atomic mass is 35.5. The fraction of sp³-hybridized carbons (Fsp3) is 0.300. The molecule has 0 bridgehead atoms. The predicted octanol–water partition coefficient (Wildman–Crippen LogP) is 2.37. The Morgan fingerprint density at radius 2 is 2.11 bits per heavy atom. The van der Waals surface area contributed by atoms with Crippen molar-refractivity contribution in [3.63, 3.8) is 0 Å². The number of hydrogen-bond donors (Lipinski definition) is 2. The molecule has 1 fully saturated rings. The van der Waals surface area contributed by atoms with Gasteiger partial charge in [0.15, 0.2) is 18.2 Å². The second-order valence-corrected chi connectivity index (χ2v) is 3.63. The minimum Gasteiger partial charge on any atom is -0.505 e. The first kappa shape index (κ1) is 14.4. The van der Waals surface area contributed by atoms with Crippen LogP contribution in [0.25, 0.3) is 0 Å². The molecule has 1 aliphatic heterocycles. The van der Waals surface area contributed by atoms with Gasteiger partial charge in [0.1, 0.15) is 6.04 Å². The smallest absolute Gasteiger partial charge is 0.408 e. The van der Waals surface area contributed by atoms with Crippen LogP contribution in [0.15, 0.2) is 18.2 Å². The number of carbonyl (C=O) groups excluding carboxylic acids is 1. The van der Waals surface area contributed by atoms with E-state index in [1.807, 2.05) is 5.32 Å². The normalized spacial score (nSPS) is 21.5. The minimum atomic E-state index is -3.34. The molecule has 1 aromatic carbocycles. The van der Waals surface area contributed by atoms with Gasteiger partial charge in [0.2, 0.25) is 0 Å². The zero-order valence-corrected chi connectivity index (χ0v) is 9.64. The first-order valence-electron chi connectivity index (χ1n) is 4.70. The fourth-order valence-electron chi connectivity index (χ4n) is 1.54. The molecule has 0 unspecified atom stereocenters. The molecule has 0 saturated carbocycles. The van der Waals surface area contributed by atoms with Gasteiger partial charge in [-0.15, -0.1) is 12.4 Å². The van der Waals surface area contributed by atoms with E-state index in [9.17, 15) is 18.0 Å². The number of benzene rings is 1. The lowest BCUT2D eigenvalue weighted by Crippen LogP contribution is -2.49. The van der Waals surface area contributed by atoms with E-state index in [0.29, 0.717) is 0 Å². The number of carbonyl (C=O) groups is 1. The van der Waals surface area contributed by atoms with Gasteiger partial charge in [-0.2, -0.15) is 0 Å². The quantitative estimate of drug-likeness (QED) is 0.832. The zero-order chi connectivity index (χ0) is 12.6. The van der Waals surface area contributed by atoms with Crippen LogP contribution in [0.2, 0.25) is 0 Å². The number of alkyl halides is 2. The summed E-state index contributed by atoms with van der Waals surface area (Å²) in [5, 5.41) is 10.9. The Hall–Kier alpha value is -1.63. The van der Waals surface area contributed by atoms with Crippen LogP contribution in [0.3, 0.4) is 0 Å². The average Bonchev–Trinajstić information content (AvgIpc) is 2.26. The zero-order valence-electron chi connectivity index (χ0n) is 8.82. The minimum absolute atomic E-state index is 0. The van der Waals surface area contributed by atoms with Crippen molar-refractivity contribution in [3.8, 4) is 5.75 Å². The summed E-state index contributed by atoms with van der Waals surface area (Å²) in [6.07, 6.45) is -0.991. The molecule has 100 valence electrons. The van der Waals surface area contributed by atoms with Gasteiger partial charge < -0.3 is 15.2 Å². The van der Waals surface area contributed by atoms with E-state index in [-0.39, 0.29) is 18.0 Å². The summed E-state index contributed by atoms with van der Waals surface area (Å²) in [5.41, 5.74) is -0.137. The summed E-state index contributed by atoms with van der Waals surface area (Å²) >= 11 is 0. The molecule has 2 rings (SSSR count). The summed E-state index contributed by atoms with van der Waals surface area (Å²) in [6, 6.07) is 1.14.